The van der Waals surface area contributed by atoms with E-state index in [1.165, 1.54) is 146 Å². The van der Waals surface area contributed by atoms with Crippen LogP contribution in [0.4, 0.5) is 4.79 Å². The SMILES string of the molecule is CC1(C)CC(C2CCCCC2)CC(C)(C)N1.CCCCCCCCCCCCCCCCCCN1OC1=O. The largest absolute Gasteiger partial charge is 0.468 e. The Bertz CT molecular complexity index is 596. The fourth-order valence-corrected chi connectivity index (χ4v) is 7.35. The van der Waals surface area contributed by atoms with Crippen LogP contribution in [0.5, 0.6) is 0 Å². The zero-order valence-corrected chi connectivity index (χ0v) is 26.4. The van der Waals surface area contributed by atoms with Gasteiger partial charge in [-0.2, -0.15) is 0 Å². The molecule has 3 fully saturated rings. The summed E-state index contributed by atoms with van der Waals surface area (Å²) in [4.78, 5) is 15.2. The third kappa shape index (κ3) is 15.7. The summed E-state index contributed by atoms with van der Waals surface area (Å²) in [6.07, 6.45) is 32.1. The van der Waals surface area contributed by atoms with Gasteiger partial charge in [0.2, 0.25) is 0 Å². The number of hydrogen-bond donors (Lipinski definition) is 1. The van der Waals surface area contributed by atoms with E-state index in [0.717, 1.165) is 24.8 Å². The van der Waals surface area contributed by atoms with Crippen LogP contribution < -0.4 is 5.32 Å². The summed E-state index contributed by atoms with van der Waals surface area (Å²) in [5.74, 6) is 1.99. The zero-order chi connectivity index (χ0) is 27.7. The van der Waals surface area contributed by atoms with Crippen LogP contribution >= 0.6 is 0 Å². The highest BCUT2D eigenvalue weighted by Crippen LogP contribution is 2.42. The van der Waals surface area contributed by atoms with Crippen LogP contribution in [0.1, 0.15) is 182 Å². The van der Waals surface area contributed by atoms with Gasteiger partial charge in [-0.25, -0.2) is 4.79 Å². The van der Waals surface area contributed by atoms with Gasteiger partial charge in [0.1, 0.15) is 0 Å². The molecule has 0 spiro atoms. The number of piperidine rings is 1. The molecule has 38 heavy (non-hydrogen) atoms. The third-order valence-electron chi connectivity index (χ3n) is 9.11. The van der Waals surface area contributed by atoms with E-state index in [0.29, 0.717) is 11.1 Å². The van der Waals surface area contributed by atoms with Gasteiger partial charge in [0, 0.05) is 11.1 Å². The summed E-state index contributed by atoms with van der Waals surface area (Å²) >= 11 is 0. The molecule has 4 nitrogen and oxygen atoms in total. The fourth-order valence-electron chi connectivity index (χ4n) is 7.35. The highest BCUT2D eigenvalue weighted by molar-refractivity contribution is 5.76. The van der Waals surface area contributed by atoms with Gasteiger partial charge in [0.25, 0.3) is 0 Å². The number of nitrogens with one attached hydrogen (secondary N) is 1. The summed E-state index contributed by atoms with van der Waals surface area (Å²) in [5.41, 5.74) is 0.674. The van der Waals surface area contributed by atoms with Gasteiger partial charge in [-0.05, 0) is 58.8 Å². The van der Waals surface area contributed by atoms with Gasteiger partial charge < -0.3 is 10.2 Å². The molecule has 2 aliphatic heterocycles. The minimum absolute atomic E-state index is 0.152. The quantitative estimate of drug-likeness (QED) is 0.140. The van der Waals surface area contributed by atoms with Crippen molar-refractivity contribution in [3.05, 3.63) is 0 Å². The summed E-state index contributed by atoms with van der Waals surface area (Å²) < 4.78 is 0. The molecule has 0 bridgehead atoms. The number of amides is 1. The van der Waals surface area contributed by atoms with Gasteiger partial charge in [0.15, 0.2) is 0 Å². The summed E-state index contributed by atoms with van der Waals surface area (Å²) in [6.45, 7) is 12.6. The molecule has 1 N–H and O–H groups in total. The number of unbranched alkanes of at least 4 members (excludes halogenated alkanes) is 15. The summed E-state index contributed by atoms with van der Waals surface area (Å²) in [7, 11) is 0. The van der Waals surface area contributed by atoms with Gasteiger partial charge in [-0.3, -0.25) is 0 Å². The van der Waals surface area contributed by atoms with Crippen LogP contribution in [0.25, 0.3) is 0 Å². The van der Waals surface area contributed by atoms with Gasteiger partial charge >= 0.3 is 6.09 Å². The van der Waals surface area contributed by atoms with Crippen molar-refractivity contribution in [2.24, 2.45) is 11.8 Å². The smallest absolute Gasteiger partial charge is 0.314 e. The molecule has 1 saturated carbocycles. The maximum atomic E-state index is 10.6. The minimum atomic E-state index is -0.152. The van der Waals surface area contributed by atoms with Crippen LogP contribution in [0, 0.1) is 11.8 Å². The zero-order valence-electron chi connectivity index (χ0n) is 26.4. The van der Waals surface area contributed by atoms with E-state index in [2.05, 4.69) is 44.8 Å². The molecular formula is C34H66N2O2. The van der Waals surface area contributed by atoms with Crippen LogP contribution in [-0.2, 0) is 4.84 Å². The molecule has 0 aromatic carbocycles. The topological polar surface area (TPSA) is 44.6 Å². The molecule has 3 rings (SSSR count). The van der Waals surface area contributed by atoms with Crippen molar-refractivity contribution in [1.82, 2.24) is 10.4 Å². The third-order valence-corrected chi connectivity index (χ3v) is 9.11. The molecule has 2 saturated heterocycles. The molecule has 2 heterocycles. The second-order valence-electron chi connectivity index (χ2n) is 14.2. The van der Waals surface area contributed by atoms with Crippen LogP contribution in [-0.4, -0.2) is 28.8 Å². The van der Waals surface area contributed by atoms with Crippen molar-refractivity contribution in [2.45, 2.75) is 193 Å². The standard InChI is InChI=1S/C19H37NO2.C15H29N/c1-2-3-4-5-6-7-8-9-10-11-12-13-14-15-16-17-18-20-19(21)22-20;1-14(2)10-13(11-15(3,4)16-14)12-8-6-5-7-9-12/h2-18H2,1H3;12-13,16H,5-11H2,1-4H3. The van der Waals surface area contributed by atoms with Gasteiger partial charge in [-0.1, -0.05) is 135 Å². The lowest BCUT2D eigenvalue weighted by atomic mass is 9.67. The van der Waals surface area contributed by atoms with Crippen molar-refractivity contribution in [3.63, 3.8) is 0 Å². The normalized spacial score (nSPS) is 21.1. The average Bonchev–Trinajstić information content (AvgIpc) is 3.57. The van der Waals surface area contributed by atoms with Crippen LogP contribution in [0.3, 0.4) is 0 Å². The number of rotatable bonds is 18. The maximum absolute atomic E-state index is 10.6. The second-order valence-corrected chi connectivity index (χ2v) is 14.2. The monoisotopic (exact) mass is 535 g/mol. The van der Waals surface area contributed by atoms with E-state index in [1.807, 2.05) is 0 Å². The minimum Gasteiger partial charge on any atom is -0.314 e. The van der Waals surface area contributed by atoms with Crippen LogP contribution in [0.2, 0.25) is 0 Å². The van der Waals surface area contributed by atoms with Crippen molar-refractivity contribution in [1.29, 1.82) is 0 Å². The van der Waals surface area contributed by atoms with Crippen LogP contribution in [0.15, 0.2) is 0 Å². The first kappa shape index (κ1) is 33.4. The van der Waals surface area contributed by atoms with E-state index in [-0.39, 0.29) is 6.09 Å². The van der Waals surface area contributed by atoms with E-state index in [1.54, 1.807) is 0 Å². The predicted molar refractivity (Wildman–Crippen MR) is 163 cm³/mol. The van der Waals surface area contributed by atoms with Gasteiger partial charge in [0.05, 0.1) is 6.54 Å². The van der Waals surface area contributed by atoms with E-state index in [9.17, 15) is 4.79 Å². The second kappa shape index (κ2) is 18.6. The molecule has 0 aromatic heterocycles. The molecule has 0 radical (unpaired) electrons. The Morgan fingerprint density at radius 1 is 0.658 bits per heavy atom. The number of hydroxylamine groups is 2. The van der Waals surface area contributed by atoms with Crippen molar-refractivity contribution in [2.75, 3.05) is 6.54 Å². The van der Waals surface area contributed by atoms with Crippen molar-refractivity contribution in [3.8, 4) is 0 Å². The molecule has 1 amide bonds. The Morgan fingerprint density at radius 2 is 1.05 bits per heavy atom. The maximum Gasteiger partial charge on any atom is 0.468 e. The summed E-state index contributed by atoms with van der Waals surface area (Å²) in [5, 5.41) is 5.25. The highest BCUT2D eigenvalue weighted by Gasteiger charge is 2.40. The number of nitrogens with zero attached hydrogens (tertiary/aromatic N) is 1. The number of carbonyl (C=O) groups is 1. The van der Waals surface area contributed by atoms with E-state index in [4.69, 9.17) is 0 Å². The Kier molecular flexibility index (Phi) is 16.3. The Labute approximate surface area is 237 Å². The molecule has 0 atom stereocenters. The van der Waals surface area contributed by atoms with E-state index >= 15 is 0 Å². The molecule has 0 aromatic rings. The molecule has 3 aliphatic rings. The first-order valence-corrected chi connectivity index (χ1v) is 17.0. The Balaban J connectivity index is 0.000000279. The van der Waals surface area contributed by atoms with Gasteiger partial charge in [-0.15, -0.1) is 5.06 Å². The number of carbonyl (C=O) groups excluding carboxylic acids is 1. The van der Waals surface area contributed by atoms with Crippen molar-refractivity contribution >= 4 is 6.09 Å². The lowest BCUT2D eigenvalue weighted by Gasteiger charge is -2.49. The van der Waals surface area contributed by atoms with E-state index < -0.39 is 0 Å². The van der Waals surface area contributed by atoms with Crippen molar-refractivity contribution < 1.29 is 9.63 Å². The molecule has 1 aliphatic carbocycles. The lowest BCUT2D eigenvalue weighted by molar-refractivity contribution is 0.0780. The first-order chi connectivity index (χ1) is 18.2. The Hall–Kier alpha value is -0.770. The highest BCUT2D eigenvalue weighted by atomic mass is 16.9. The number of hydrogen-bond acceptors (Lipinski definition) is 3. The summed E-state index contributed by atoms with van der Waals surface area (Å²) in [6, 6.07) is 0. The molecule has 224 valence electrons. The lowest BCUT2D eigenvalue weighted by Crippen LogP contribution is -2.58. The molecular weight excluding hydrogens is 468 g/mol. The molecule has 4 heteroatoms. The fraction of sp³-hybridized carbons (Fsp3) is 0.971. The average molecular weight is 535 g/mol. The Morgan fingerprint density at radius 3 is 1.45 bits per heavy atom. The molecule has 0 unspecified atom stereocenters. The first-order valence-electron chi connectivity index (χ1n) is 17.0. The predicted octanol–water partition coefficient (Wildman–Crippen LogP) is 10.7.